The minimum atomic E-state index is 0.128. The Bertz CT molecular complexity index is 441. The molecule has 0 N–H and O–H groups in total. The van der Waals surface area contributed by atoms with Gasteiger partial charge in [-0.2, -0.15) is 0 Å². The van der Waals surface area contributed by atoms with Gasteiger partial charge in [0.1, 0.15) is 6.61 Å². The fourth-order valence-electron chi connectivity index (χ4n) is 3.17. The fraction of sp³-hybridized carbons (Fsp3) is 0.667. The highest BCUT2D eigenvalue weighted by Gasteiger charge is 2.26. The van der Waals surface area contributed by atoms with Crippen LogP contribution in [0.15, 0.2) is 12.1 Å². The Morgan fingerprint density at radius 2 is 1.64 bits per heavy atom. The van der Waals surface area contributed by atoms with Gasteiger partial charge in [0.2, 0.25) is 5.75 Å². The first kappa shape index (κ1) is 16.9. The van der Waals surface area contributed by atoms with Crippen molar-refractivity contribution in [2.45, 2.75) is 45.1 Å². The first-order valence-electron chi connectivity index (χ1n) is 8.13. The van der Waals surface area contributed by atoms with Crippen molar-refractivity contribution in [1.29, 1.82) is 0 Å². The predicted octanol–water partition coefficient (Wildman–Crippen LogP) is 3.85. The Morgan fingerprint density at radius 3 is 2.09 bits per heavy atom. The molecule has 1 aliphatic rings. The zero-order chi connectivity index (χ0) is 15.9. The molecular formula is C18H28O4. The van der Waals surface area contributed by atoms with E-state index in [9.17, 15) is 0 Å². The maximum Gasteiger partial charge on any atom is 0.203 e. The number of rotatable bonds is 8. The van der Waals surface area contributed by atoms with Gasteiger partial charge in [-0.15, -0.1) is 0 Å². The molecule has 0 radical (unpaired) electrons. The van der Waals surface area contributed by atoms with Crippen LogP contribution in [0.1, 0.15) is 38.2 Å². The number of hydrogen-bond donors (Lipinski definition) is 0. The molecule has 0 aromatic heterocycles. The van der Waals surface area contributed by atoms with Crippen molar-refractivity contribution in [3.05, 3.63) is 17.7 Å². The van der Waals surface area contributed by atoms with Crippen LogP contribution in [-0.2, 0) is 11.2 Å². The Balaban J connectivity index is 2.13. The molecule has 22 heavy (non-hydrogen) atoms. The maximum absolute atomic E-state index is 6.04. The average Bonchev–Trinajstić information content (AvgIpc) is 3.09. The van der Waals surface area contributed by atoms with E-state index in [2.05, 4.69) is 6.92 Å². The van der Waals surface area contributed by atoms with Crippen LogP contribution in [0, 0.1) is 5.92 Å². The summed E-state index contributed by atoms with van der Waals surface area (Å²) in [5.41, 5.74) is 1.17. The molecule has 1 fully saturated rings. The van der Waals surface area contributed by atoms with E-state index >= 15 is 0 Å². The van der Waals surface area contributed by atoms with Gasteiger partial charge in [-0.25, -0.2) is 0 Å². The second kappa shape index (κ2) is 8.28. The van der Waals surface area contributed by atoms with Crippen molar-refractivity contribution < 1.29 is 18.9 Å². The molecule has 4 heteroatoms. The van der Waals surface area contributed by atoms with Crippen LogP contribution in [-0.4, -0.2) is 34.0 Å². The Kier molecular flexibility index (Phi) is 6.37. The molecule has 0 heterocycles. The summed E-state index contributed by atoms with van der Waals surface area (Å²) < 4.78 is 22.6. The SMILES string of the molecule is CCc1cc(OC)c(OCC(OC)C2CCCC2)c(OC)c1. The van der Waals surface area contributed by atoms with Crippen molar-refractivity contribution in [3.63, 3.8) is 0 Å². The van der Waals surface area contributed by atoms with Gasteiger partial charge in [0.15, 0.2) is 11.5 Å². The average molecular weight is 308 g/mol. The number of aryl methyl sites for hydroxylation is 1. The van der Waals surface area contributed by atoms with E-state index in [1.807, 2.05) is 12.1 Å². The van der Waals surface area contributed by atoms with E-state index in [0.29, 0.717) is 18.3 Å². The van der Waals surface area contributed by atoms with E-state index in [0.717, 1.165) is 17.9 Å². The predicted molar refractivity (Wildman–Crippen MR) is 87.2 cm³/mol. The van der Waals surface area contributed by atoms with Gasteiger partial charge >= 0.3 is 0 Å². The largest absolute Gasteiger partial charge is 0.493 e. The Labute approximate surface area is 133 Å². The smallest absolute Gasteiger partial charge is 0.203 e. The van der Waals surface area contributed by atoms with Crippen LogP contribution < -0.4 is 14.2 Å². The minimum Gasteiger partial charge on any atom is -0.493 e. The summed E-state index contributed by atoms with van der Waals surface area (Å²) >= 11 is 0. The minimum absolute atomic E-state index is 0.128. The zero-order valence-electron chi connectivity index (χ0n) is 14.2. The number of methoxy groups -OCH3 is 3. The Hall–Kier alpha value is -1.42. The second-order valence-corrected chi connectivity index (χ2v) is 5.81. The highest BCUT2D eigenvalue weighted by atomic mass is 16.6. The highest BCUT2D eigenvalue weighted by molar-refractivity contribution is 5.53. The molecule has 0 spiro atoms. The van der Waals surface area contributed by atoms with Gasteiger partial charge < -0.3 is 18.9 Å². The van der Waals surface area contributed by atoms with E-state index in [-0.39, 0.29) is 6.10 Å². The number of ether oxygens (including phenoxy) is 4. The molecule has 1 aromatic carbocycles. The van der Waals surface area contributed by atoms with Gasteiger partial charge in [-0.1, -0.05) is 19.8 Å². The quantitative estimate of drug-likeness (QED) is 0.731. The summed E-state index contributed by atoms with van der Waals surface area (Å²) in [5.74, 6) is 2.70. The van der Waals surface area contributed by atoms with Crippen molar-refractivity contribution in [3.8, 4) is 17.2 Å². The van der Waals surface area contributed by atoms with Gasteiger partial charge in [-0.3, -0.25) is 0 Å². The van der Waals surface area contributed by atoms with Crippen molar-refractivity contribution in [1.82, 2.24) is 0 Å². The molecule has 4 nitrogen and oxygen atoms in total. The van der Waals surface area contributed by atoms with Crippen LogP contribution in [0.5, 0.6) is 17.2 Å². The molecule has 1 unspecified atom stereocenters. The van der Waals surface area contributed by atoms with Gasteiger partial charge in [0, 0.05) is 7.11 Å². The molecule has 0 bridgehead atoms. The molecule has 1 aliphatic carbocycles. The summed E-state index contributed by atoms with van der Waals surface area (Å²) in [6.07, 6.45) is 6.10. The highest BCUT2D eigenvalue weighted by Crippen LogP contribution is 2.39. The number of benzene rings is 1. The molecule has 2 rings (SSSR count). The molecular weight excluding hydrogens is 280 g/mol. The Morgan fingerprint density at radius 1 is 1.05 bits per heavy atom. The third-order valence-corrected chi connectivity index (χ3v) is 4.55. The lowest BCUT2D eigenvalue weighted by atomic mass is 10.0. The maximum atomic E-state index is 6.04. The van der Waals surface area contributed by atoms with Gasteiger partial charge in [0.05, 0.1) is 20.3 Å². The zero-order valence-corrected chi connectivity index (χ0v) is 14.2. The summed E-state index contributed by atoms with van der Waals surface area (Å²) in [4.78, 5) is 0. The van der Waals surface area contributed by atoms with Crippen LogP contribution in [0.3, 0.4) is 0 Å². The topological polar surface area (TPSA) is 36.9 Å². The van der Waals surface area contributed by atoms with Crippen molar-refractivity contribution in [2.24, 2.45) is 5.92 Å². The van der Waals surface area contributed by atoms with E-state index in [1.54, 1.807) is 21.3 Å². The lowest BCUT2D eigenvalue weighted by molar-refractivity contribution is 0.0160. The number of hydrogen-bond acceptors (Lipinski definition) is 4. The normalized spacial score (nSPS) is 16.5. The third-order valence-electron chi connectivity index (χ3n) is 4.55. The second-order valence-electron chi connectivity index (χ2n) is 5.81. The van der Waals surface area contributed by atoms with Crippen molar-refractivity contribution >= 4 is 0 Å². The molecule has 1 aromatic rings. The van der Waals surface area contributed by atoms with Crippen LogP contribution in [0.25, 0.3) is 0 Å². The van der Waals surface area contributed by atoms with Gasteiger partial charge in [-0.05, 0) is 42.9 Å². The first-order valence-corrected chi connectivity index (χ1v) is 8.13. The summed E-state index contributed by atoms with van der Waals surface area (Å²) in [7, 11) is 5.08. The first-order chi connectivity index (χ1) is 10.7. The molecule has 0 amide bonds. The summed E-state index contributed by atoms with van der Waals surface area (Å²) in [5, 5.41) is 0. The summed E-state index contributed by atoms with van der Waals surface area (Å²) in [6.45, 7) is 2.63. The lowest BCUT2D eigenvalue weighted by Crippen LogP contribution is -2.28. The fourth-order valence-corrected chi connectivity index (χ4v) is 3.17. The van der Waals surface area contributed by atoms with Gasteiger partial charge in [0.25, 0.3) is 0 Å². The lowest BCUT2D eigenvalue weighted by Gasteiger charge is -2.23. The molecule has 1 atom stereocenters. The van der Waals surface area contributed by atoms with Crippen LogP contribution in [0.4, 0.5) is 0 Å². The standard InChI is InChI=1S/C18H28O4/c1-5-13-10-15(19-2)18(16(11-13)20-3)22-12-17(21-4)14-8-6-7-9-14/h10-11,14,17H,5-9,12H2,1-4H3. The van der Waals surface area contributed by atoms with Crippen LogP contribution >= 0.6 is 0 Å². The van der Waals surface area contributed by atoms with Crippen molar-refractivity contribution in [2.75, 3.05) is 27.9 Å². The molecule has 124 valence electrons. The summed E-state index contributed by atoms with van der Waals surface area (Å²) in [6, 6.07) is 4.02. The monoisotopic (exact) mass is 308 g/mol. The van der Waals surface area contributed by atoms with Crippen LogP contribution in [0.2, 0.25) is 0 Å². The van der Waals surface area contributed by atoms with E-state index in [4.69, 9.17) is 18.9 Å². The van der Waals surface area contributed by atoms with E-state index in [1.165, 1.54) is 31.2 Å². The molecule has 0 saturated heterocycles. The van der Waals surface area contributed by atoms with E-state index < -0.39 is 0 Å². The third kappa shape index (κ3) is 3.86. The molecule has 0 aliphatic heterocycles. The molecule has 1 saturated carbocycles.